The minimum Gasteiger partial charge on any atom is -0.502 e. The van der Waals surface area contributed by atoms with E-state index in [1.54, 1.807) is 36.4 Å². The molecule has 3 nitrogen and oxygen atoms in total. The van der Waals surface area contributed by atoms with Crippen molar-refractivity contribution >= 4 is 27.1 Å². The van der Waals surface area contributed by atoms with Gasteiger partial charge in [0.2, 0.25) is 9.84 Å². The molecule has 2 aromatic carbocycles. The van der Waals surface area contributed by atoms with Gasteiger partial charge in [-0.25, -0.2) is 8.42 Å². The molecule has 2 rings (SSSR count). The van der Waals surface area contributed by atoms with E-state index < -0.39 is 9.84 Å². The molecule has 20 heavy (non-hydrogen) atoms. The van der Waals surface area contributed by atoms with Gasteiger partial charge in [0.1, 0.15) is 0 Å². The molecular formula is C15H14O3S2. The molecule has 0 aliphatic carbocycles. The molecule has 0 bridgehead atoms. The van der Waals surface area contributed by atoms with Crippen LogP contribution in [0.4, 0.5) is 0 Å². The smallest absolute Gasteiger partial charge is 0.206 e. The van der Waals surface area contributed by atoms with Gasteiger partial charge < -0.3 is 5.11 Å². The number of hydrogen-bond acceptors (Lipinski definition) is 3. The standard InChI is InChI=1S/C15H14O3S2/c1-11-2-6-13(7-3-11)20(17,18)14-8-4-12(5-9-14)10-15(16)19/h2-9H,10H2,1H3,(H,16,19). The third-order valence-electron chi connectivity index (χ3n) is 2.92. The Morgan fingerprint density at radius 2 is 1.45 bits per heavy atom. The second-order valence-electron chi connectivity index (χ2n) is 4.53. The van der Waals surface area contributed by atoms with E-state index in [-0.39, 0.29) is 21.3 Å². The Kier molecular flexibility index (Phi) is 4.20. The number of sulfone groups is 1. The Hall–Kier alpha value is -1.72. The van der Waals surface area contributed by atoms with Gasteiger partial charge >= 0.3 is 0 Å². The van der Waals surface area contributed by atoms with Gasteiger partial charge in [-0.15, -0.1) is 0 Å². The lowest BCUT2D eigenvalue weighted by atomic mass is 10.2. The van der Waals surface area contributed by atoms with Gasteiger partial charge in [-0.2, -0.15) is 0 Å². The van der Waals surface area contributed by atoms with Gasteiger partial charge in [0.15, 0.2) is 5.05 Å². The van der Waals surface area contributed by atoms with Crippen LogP contribution in [0.25, 0.3) is 0 Å². The van der Waals surface area contributed by atoms with Crippen molar-refractivity contribution < 1.29 is 13.5 Å². The summed E-state index contributed by atoms with van der Waals surface area (Å²) in [5.41, 5.74) is 1.79. The SMILES string of the molecule is Cc1ccc(S(=O)(=O)c2ccc(CC(O)=S)cc2)cc1. The molecule has 0 aliphatic rings. The normalized spacial score (nSPS) is 11.2. The summed E-state index contributed by atoms with van der Waals surface area (Å²) in [6.07, 6.45) is 0.250. The maximum absolute atomic E-state index is 12.4. The van der Waals surface area contributed by atoms with Crippen molar-refractivity contribution in [2.24, 2.45) is 0 Å². The van der Waals surface area contributed by atoms with Gasteiger partial charge in [-0.1, -0.05) is 29.8 Å². The summed E-state index contributed by atoms with van der Waals surface area (Å²) in [5.74, 6) is 0. The van der Waals surface area contributed by atoms with Crippen LogP contribution in [0.3, 0.4) is 0 Å². The van der Waals surface area contributed by atoms with Crippen LogP contribution in [0.1, 0.15) is 11.1 Å². The van der Waals surface area contributed by atoms with Crippen molar-refractivity contribution in [1.29, 1.82) is 0 Å². The van der Waals surface area contributed by atoms with Crippen molar-refractivity contribution in [2.45, 2.75) is 23.1 Å². The highest BCUT2D eigenvalue weighted by molar-refractivity contribution is 7.91. The van der Waals surface area contributed by atoms with Crippen LogP contribution in [0.2, 0.25) is 0 Å². The average Bonchev–Trinajstić information content (AvgIpc) is 2.39. The summed E-state index contributed by atoms with van der Waals surface area (Å²) in [6, 6.07) is 13.1. The predicted molar refractivity (Wildman–Crippen MR) is 82.0 cm³/mol. The summed E-state index contributed by atoms with van der Waals surface area (Å²) >= 11 is 4.61. The molecule has 1 N–H and O–H groups in total. The van der Waals surface area contributed by atoms with E-state index in [0.29, 0.717) is 0 Å². The van der Waals surface area contributed by atoms with Crippen LogP contribution in [0.5, 0.6) is 0 Å². The van der Waals surface area contributed by atoms with Crippen LogP contribution in [0, 0.1) is 6.92 Å². The van der Waals surface area contributed by atoms with Gasteiger partial charge in [-0.05, 0) is 49.0 Å². The van der Waals surface area contributed by atoms with E-state index in [0.717, 1.165) is 11.1 Å². The first-order valence-corrected chi connectivity index (χ1v) is 7.91. The predicted octanol–water partition coefficient (Wildman–Crippen LogP) is 3.26. The number of aryl methyl sites for hydroxylation is 1. The molecule has 0 fully saturated rings. The average molecular weight is 306 g/mol. The van der Waals surface area contributed by atoms with Crippen molar-refractivity contribution in [2.75, 3.05) is 0 Å². The van der Waals surface area contributed by atoms with Crippen molar-refractivity contribution in [1.82, 2.24) is 0 Å². The summed E-state index contributed by atoms with van der Waals surface area (Å²) < 4.78 is 24.8. The zero-order valence-electron chi connectivity index (χ0n) is 10.9. The maximum atomic E-state index is 12.4. The number of hydrogen-bond donors (Lipinski definition) is 1. The highest BCUT2D eigenvalue weighted by atomic mass is 32.2. The number of thiocarbonyl (C=S) groups is 1. The zero-order chi connectivity index (χ0) is 14.8. The molecule has 0 atom stereocenters. The number of aliphatic hydroxyl groups is 1. The van der Waals surface area contributed by atoms with E-state index in [4.69, 9.17) is 5.11 Å². The Balaban J connectivity index is 2.34. The van der Waals surface area contributed by atoms with Crippen molar-refractivity contribution in [3.63, 3.8) is 0 Å². The second kappa shape index (κ2) is 5.73. The quantitative estimate of drug-likeness (QED) is 0.881. The molecule has 0 saturated heterocycles. The second-order valence-corrected chi connectivity index (χ2v) is 6.95. The Morgan fingerprint density at radius 1 is 1.00 bits per heavy atom. The fourth-order valence-corrected chi connectivity index (χ4v) is 3.24. The molecule has 0 amide bonds. The Bertz CT molecular complexity index is 715. The first-order chi connectivity index (χ1) is 9.39. The van der Waals surface area contributed by atoms with Crippen LogP contribution >= 0.6 is 12.2 Å². The van der Waals surface area contributed by atoms with Gasteiger partial charge in [0.05, 0.1) is 9.79 Å². The lowest BCUT2D eigenvalue weighted by molar-refractivity contribution is 0.555. The van der Waals surface area contributed by atoms with E-state index in [1.165, 1.54) is 12.1 Å². The first kappa shape index (κ1) is 14.7. The van der Waals surface area contributed by atoms with Crippen LogP contribution in [0.15, 0.2) is 58.3 Å². The number of rotatable bonds is 4. The fraction of sp³-hybridized carbons (Fsp3) is 0.133. The van der Waals surface area contributed by atoms with Crippen LogP contribution < -0.4 is 0 Å². The summed E-state index contributed by atoms with van der Waals surface area (Å²) in [5, 5.41) is 8.94. The number of aliphatic hydroxyl groups excluding tert-OH is 1. The number of benzene rings is 2. The molecule has 0 radical (unpaired) electrons. The topological polar surface area (TPSA) is 54.4 Å². The van der Waals surface area contributed by atoms with E-state index in [9.17, 15) is 8.42 Å². The molecule has 0 heterocycles. The van der Waals surface area contributed by atoms with Crippen LogP contribution in [-0.4, -0.2) is 18.6 Å². The first-order valence-electron chi connectivity index (χ1n) is 6.02. The molecule has 0 unspecified atom stereocenters. The highest BCUT2D eigenvalue weighted by Crippen LogP contribution is 2.21. The molecule has 104 valence electrons. The zero-order valence-corrected chi connectivity index (χ0v) is 12.5. The highest BCUT2D eigenvalue weighted by Gasteiger charge is 2.17. The molecule has 0 saturated carbocycles. The van der Waals surface area contributed by atoms with Crippen molar-refractivity contribution in [3.05, 3.63) is 59.7 Å². The van der Waals surface area contributed by atoms with Gasteiger partial charge in [-0.3, -0.25) is 0 Å². The van der Waals surface area contributed by atoms with Crippen molar-refractivity contribution in [3.8, 4) is 0 Å². The maximum Gasteiger partial charge on any atom is 0.206 e. The summed E-state index contributed by atoms with van der Waals surface area (Å²) in [4.78, 5) is 0.502. The molecule has 0 aromatic heterocycles. The van der Waals surface area contributed by atoms with Crippen LogP contribution in [-0.2, 0) is 16.3 Å². The third-order valence-corrected chi connectivity index (χ3v) is 4.85. The Labute approximate surface area is 123 Å². The monoisotopic (exact) mass is 306 g/mol. The van der Waals surface area contributed by atoms with E-state index in [1.807, 2.05) is 6.92 Å². The molecule has 0 aliphatic heterocycles. The van der Waals surface area contributed by atoms with E-state index >= 15 is 0 Å². The molecule has 0 spiro atoms. The minimum atomic E-state index is -3.50. The van der Waals surface area contributed by atoms with Gasteiger partial charge in [0, 0.05) is 6.42 Å². The largest absolute Gasteiger partial charge is 0.502 e. The third kappa shape index (κ3) is 3.23. The summed E-state index contributed by atoms with van der Waals surface area (Å²) in [6.45, 7) is 1.91. The fourth-order valence-electron chi connectivity index (χ4n) is 1.81. The lowest BCUT2D eigenvalue weighted by Crippen LogP contribution is -2.03. The van der Waals surface area contributed by atoms with E-state index in [2.05, 4.69) is 12.2 Å². The molecule has 2 aromatic rings. The van der Waals surface area contributed by atoms with Gasteiger partial charge in [0.25, 0.3) is 0 Å². The lowest BCUT2D eigenvalue weighted by Gasteiger charge is -2.06. The minimum absolute atomic E-state index is 0.112. The molecular weight excluding hydrogens is 292 g/mol. The molecule has 5 heteroatoms. The Morgan fingerprint density at radius 3 is 1.90 bits per heavy atom. The summed E-state index contributed by atoms with van der Waals surface area (Å²) in [7, 11) is -3.50.